The Labute approximate surface area is 196 Å². The van der Waals surface area contributed by atoms with E-state index in [1.165, 1.54) is 41.3 Å². The third-order valence-electron chi connectivity index (χ3n) is 6.14. The molecule has 2 fully saturated rings. The Bertz CT molecular complexity index is 957. The van der Waals surface area contributed by atoms with Gasteiger partial charge in [0.2, 0.25) is 5.91 Å². The Hall–Kier alpha value is -2.23. The molecular formula is C23H28N3O4S2+. The van der Waals surface area contributed by atoms with E-state index in [9.17, 15) is 19.5 Å². The van der Waals surface area contributed by atoms with Crippen molar-refractivity contribution in [3.05, 3.63) is 53.8 Å². The highest BCUT2D eigenvalue weighted by molar-refractivity contribution is 8.00. The first kappa shape index (κ1) is 22.9. The number of amides is 2. The highest BCUT2D eigenvalue weighted by Gasteiger charge is 2.53. The number of hydrogen-bond acceptors (Lipinski definition) is 5. The van der Waals surface area contributed by atoms with Crippen LogP contribution in [0.15, 0.2) is 58.6 Å². The lowest BCUT2D eigenvalue weighted by Crippen LogP contribution is -2.70. The first-order chi connectivity index (χ1) is 15.4. The van der Waals surface area contributed by atoms with Crippen molar-refractivity contribution in [2.75, 3.05) is 38.2 Å². The zero-order chi connectivity index (χ0) is 22.7. The fraction of sp³-hybridized carbons (Fsp3) is 0.435. The summed E-state index contributed by atoms with van der Waals surface area (Å²) in [6.45, 7) is 3.14. The summed E-state index contributed by atoms with van der Waals surface area (Å²) in [5, 5.41) is 12.2. The fourth-order valence-corrected chi connectivity index (χ4v) is 6.43. The van der Waals surface area contributed by atoms with Gasteiger partial charge in [-0.1, -0.05) is 24.3 Å². The summed E-state index contributed by atoms with van der Waals surface area (Å²) >= 11 is 2.90. The summed E-state index contributed by atoms with van der Waals surface area (Å²) in [7, 11) is 2.22. The van der Waals surface area contributed by atoms with Gasteiger partial charge in [0.15, 0.2) is 0 Å². The number of carboxylic acids is 1. The van der Waals surface area contributed by atoms with E-state index in [1.807, 2.05) is 42.5 Å². The van der Waals surface area contributed by atoms with E-state index >= 15 is 0 Å². The molecule has 0 aromatic heterocycles. The van der Waals surface area contributed by atoms with Crippen LogP contribution in [0.3, 0.4) is 0 Å². The molecule has 0 saturated carbocycles. The molecule has 2 N–H and O–H groups in total. The minimum absolute atomic E-state index is 0.0447. The number of nitrogens with zero attached hydrogens (tertiary/aromatic N) is 2. The van der Waals surface area contributed by atoms with Crippen molar-refractivity contribution < 1.29 is 24.0 Å². The summed E-state index contributed by atoms with van der Waals surface area (Å²) in [6.07, 6.45) is 6.35. The molecule has 2 atom stereocenters. The van der Waals surface area contributed by atoms with Crippen molar-refractivity contribution in [2.24, 2.45) is 0 Å². The number of nitrogens with one attached hydrogen (secondary N) is 1. The van der Waals surface area contributed by atoms with Crippen LogP contribution in [0.2, 0.25) is 0 Å². The van der Waals surface area contributed by atoms with Gasteiger partial charge in [0.25, 0.3) is 5.91 Å². The van der Waals surface area contributed by atoms with E-state index in [0.29, 0.717) is 11.3 Å². The van der Waals surface area contributed by atoms with Crippen molar-refractivity contribution in [2.45, 2.75) is 29.2 Å². The van der Waals surface area contributed by atoms with Crippen LogP contribution in [0, 0.1) is 0 Å². The Morgan fingerprint density at radius 2 is 2.00 bits per heavy atom. The quantitative estimate of drug-likeness (QED) is 0.342. The van der Waals surface area contributed by atoms with Crippen LogP contribution in [-0.4, -0.2) is 81.9 Å². The van der Waals surface area contributed by atoms with E-state index in [1.54, 1.807) is 0 Å². The predicted molar refractivity (Wildman–Crippen MR) is 126 cm³/mol. The van der Waals surface area contributed by atoms with Crippen molar-refractivity contribution in [3.63, 3.8) is 0 Å². The van der Waals surface area contributed by atoms with E-state index in [-0.39, 0.29) is 28.6 Å². The van der Waals surface area contributed by atoms with Gasteiger partial charge in [-0.2, -0.15) is 0 Å². The summed E-state index contributed by atoms with van der Waals surface area (Å²) in [6, 6.07) is 8.90. The number of carboxylic acid groups (broad SMARTS) is 1. The second kappa shape index (κ2) is 9.72. The number of fused-ring (bicyclic) bond motifs is 1. The lowest BCUT2D eigenvalue weighted by Gasteiger charge is -2.49. The number of benzene rings is 1. The van der Waals surface area contributed by atoms with E-state index < -0.39 is 12.0 Å². The number of hydrogen-bond donors (Lipinski definition) is 2. The molecule has 1 aromatic carbocycles. The van der Waals surface area contributed by atoms with E-state index in [4.69, 9.17) is 0 Å². The van der Waals surface area contributed by atoms with E-state index in [2.05, 4.69) is 12.4 Å². The average Bonchev–Trinajstić information content (AvgIpc) is 3.22. The zero-order valence-corrected chi connectivity index (χ0v) is 19.7. The highest BCUT2D eigenvalue weighted by Crippen LogP contribution is 2.40. The number of aliphatic carboxylic acids is 1. The van der Waals surface area contributed by atoms with Gasteiger partial charge in [-0.05, 0) is 23.8 Å². The highest BCUT2D eigenvalue weighted by atomic mass is 32.2. The second-order valence-electron chi connectivity index (χ2n) is 8.59. The molecule has 0 bridgehead atoms. The minimum atomic E-state index is -1.10. The van der Waals surface area contributed by atoms with Crippen molar-refractivity contribution in [1.29, 1.82) is 0 Å². The zero-order valence-electron chi connectivity index (χ0n) is 18.0. The van der Waals surface area contributed by atoms with Crippen molar-refractivity contribution in [1.82, 2.24) is 10.2 Å². The third-order valence-corrected chi connectivity index (χ3v) is 8.46. The molecule has 32 heavy (non-hydrogen) atoms. The third kappa shape index (κ3) is 4.89. The summed E-state index contributed by atoms with van der Waals surface area (Å²) in [5.74, 6) is -0.984. The number of quaternary nitrogens is 1. The van der Waals surface area contributed by atoms with E-state index in [0.717, 1.165) is 29.0 Å². The van der Waals surface area contributed by atoms with Gasteiger partial charge >= 0.3 is 5.97 Å². The SMILES string of the molecule is C[N+]1(C/C=C/C2=C(C(=O)O)N3C(=O)C(NC(=O)CSc4ccccc4)C3SC2)CCCC1. The molecule has 2 saturated heterocycles. The van der Waals surface area contributed by atoms with Gasteiger partial charge in [-0.15, -0.1) is 23.5 Å². The number of likely N-dealkylation sites (N-methyl/N-ethyl adjacent to an activating group) is 1. The van der Waals surface area contributed by atoms with Crippen LogP contribution in [0.5, 0.6) is 0 Å². The molecule has 4 rings (SSSR count). The normalized spacial score (nSPS) is 24.4. The number of likely N-dealkylation sites (tertiary alicyclic amines) is 1. The Morgan fingerprint density at radius 1 is 1.28 bits per heavy atom. The first-order valence-electron chi connectivity index (χ1n) is 10.8. The molecule has 1 aromatic rings. The lowest BCUT2D eigenvalue weighted by atomic mass is 10.0. The number of β-lactam (4-membered cyclic amide) rings is 1. The van der Waals surface area contributed by atoms with Crippen LogP contribution in [0.25, 0.3) is 0 Å². The molecule has 2 unspecified atom stereocenters. The number of carbonyl (C=O) groups is 3. The number of rotatable bonds is 8. The molecule has 9 heteroatoms. The smallest absolute Gasteiger partial charge is 0.352 e. The Balaban J connectivity index is 1.38. The lowest BCUT2D eigenvalue weighted by molar-refractivity contribution is -0.891. The van der Waals surface area contributed by atoms with Gasteiger partial charge < -0.3 is 14.9 Å². The molecular weight excluding hydrogens is 446 g/mol. The monoisotopic (exact) mass is 474 g/mol. The molecule has 3 heterocycles. The van der Waals surface area contributed by atoms with Crippen molar-refractivity contribution in [3.8, 4) is 0 Å². The molecule has 0 radical (unpaired) electrons. The van der Waals surface area contributed by atoms with Gasteiger partial charge in [0.1, 0.15) is 17.1 Å². The van der Waals surface area contributed by atoms with Gasteiger partial charge in [-0.3, -0.25) is 14.5 Å². The fourth-order valence-electron chi connectivity index (χ4n) is 4.38. The first-order valence-corrected chi connectivity index (χ1v) is 12.8. The molecule has 2 amide bonds. The second-order valence-corrected chi connectivity index (χ2v) is 10.7. The van der Waals surface area contributed by atoms with Crippen LogP contribution < -0.4 is 5.32 Å². The van der Waals surface area contributed by atoms with Crippen LogP contribution in [-0.2, 0) is 14.4 Å². The molecule has 7 nitrogen and oxygen atoms in total. The maximum atomic E-state index is 12.8. The van der Waals surface area contributed by atoms with Gasteiger partial charge in [0.05, 0.1) is 32.4 Å². The molecule has 0 aliphatic carbocycles. The maximum Gasteiger partial charge on any atom is 0.352 e. The molecule has 3 aliphatic rings. The summed E-state index contributed by atoms with van der Waals surface area (Å²) in [5.41, 5.74) is 0.700. The summed E-state index contributed by atoms with van der Waals surface area (Å²) < 4.78 is 0.972. The van der Waals surface area contributed by atoms with Crippen molar-refractivity contribution >= 4 is 41.3 Å². The molecule has 0 spiro atoms. The van der Waals surface area contributed by atoms with Gasteiger partial charge in [-0.25, -0.2) is 4.79 Å². The standard InChI is InChI=1S/C23H27N3O4S2/c1-26(11-5-6-12-26)13-7-8-16-14-32-22-19(21(28)25(22)20(16)23(29)30)24-18(27)15-31-17-9-3-2-4-10-17/h2-4,7-10,19,22H,5-6,11-15H2,1H3,(H-,24,27,29,30)/p+1/b8-7+. The Morgan fingerprint density at radius 3 is 2.69 bits per heavy atom. The summed E-state index contributed by atoms with van der Waals surface area (Å²) in [4.78, 5) is 39.4. The largest absolute Gasteiger partial charge is 0.477 e. The molecule has 170 valence electrons. The van der Waals surface area contributed by atoms with Crippen LogP contribution >= 0.6 is 23.5 Å². The number of allylic oxidation sites excluding steroid dienone is 1. The predicted octanol–water partition coefficient (Wildman–Crippen LogP) is 2.31. The number of carbonyl (C=O) groups excluding carboxylic acids is 2. The number of thioether (sulfide) groups is 2. The topological polar surface area (TPSA) is 86.7 Å². The average molecular weight is 475 g/mol. The Kier molecular flexibility index (Phi) is 6.97. The van der Waals surface area contributed by atoms with Gasteiger partial charge in [0, 0.05) is 23.5 Å². The van der Waals surface area contributed by atoms with Crippen LogP contribution in [0.4, 0.5) is 0 Å². The van der Waals surface area contributed by atoms with Crippen LogP contribution in [0.1, 0.15) is 12.8 Å². The maximum absolute atomic E-state index is 12.8. The molecule has 3 aliphatic heterocycles. The minimum Gasteiger partial charge on any atom is -0.477 e.